The molecule has 0 aromatic rings. The van der Waals surface area contributed by atoms with Gasteiger partial charge >= 0.3 is 17.9 Å². The molecule has 0 saturated carbocycles. The van der Waals surface area contributed by atoms with E-state index in [9.17, 15) is 14.4 Å². The van der Waals surface area contributed by atoms with E-state index < -0.39 is 6.10 Å². The van der Waals surface area contributed by atoms with Crippen LogP contribution in [0.1, 0.15) is 329 Å². The summed E-state index contributed by atoms with van der Waals surface area (Å²) in [5.74, 6) is -0.875. The molecule has 6 heteroatoms. The number of hydrogen-bond acceptors (Lipinski definition) is 6. The highest BCUT2D eigenvalue weighted by atomic mass is 16.6. The first-order valence-corrected chi connectivity index (χ1v) is 30.5. The molecule has 0 bridgehead atoms. The lowest BCUT2D eigenvalue weighted by atomic mass is 10.0. The third kappa shape index (κ3) is 56.4. The van der Waals surface area contributed by atoms with Crippen LogP contribution in [-0.2, 0) is 28.6 Å². The van der Waals surface area contributed by atoms with Gasteiger partial charge in [-0.3, -0.25) is 14.4 Å². The molecule has 0 aromatic heterocycles. The van der Waals surface area contributed by atoms with Crippen molar-refractivity contribution in [2.75, 3.05) is 13.2 Å². The molecule has 0 aliphatic heterocycles. The molecule has 69 heavy (non-hydrogen) atoms. The number of carbonyl (C=O) groups excluding carboxylic acids is 3. The third-order valence-corrected chi connectivity index (χ3v) is 13.6. The fraction of sp³-hybridized carbons (Fsp3) is 0.857. The molecule has 0 amide bonds. The Hall–Kier alpha value is -2.37. The van der Waals surface area contributed by atoms with Gasteiger partial charge in [0.05, 0.1) is 0 Å². The molecular weight excluding hydrogens is 853 g/mol. The van der Waals surface area contributed by atoms with Gasteiger partial charge in [0.2, 0.25) is 0 Å². The zero-order chi connectivity index (χ0) is 50.0. The topological polar surface area (TPSA) is 78.9 Å². The van der Waals surface area contributed by atoms with Crippen molar-refractivity contribution in [1.82, 2.24) is 0 Å². The van der Waals surface area contributed by atoms with E-state index in [1.54, 1.807) is 0 Å². The predicted octanol–water partition coefficient (Wildman–Crippen LogP) is 20.4. The lowest BCUT2D eigenvalue weighted by molar-refractivity contribution is -0.167. The highest BCUT2D eigenvalue weighted by molar-refractivity contribution is 5.71. The molecule has 0 aliphatic carbocycles. The van der Waals surface area contributed by atoms with E-state index in [-0.39, 0.29) is 31.1 Å². The average Bonchev–Trinajstić information content (AvgIpc) is 3.35. The number of unbranched alkanes of at least 4 members (excludes halogenated alkanes) is 39. The van der Waals surface area contributed by atoms with Gasteiger partial charge in [0, 0.05) is 19.3 Å². The van der Waals surface area contributed by atoms with Crippen LogP contribution in [0.4, 0.5) is 0 Å². The molecule has 404 valence electrons. The van der Waals surface area contributed by atoms with Crippen molar-refractivity contribution in [2.24, 2.45) is 0 Å². The van der Waals surface area contributed by atoms with Crippen molar-refractivity contribution in [2.45, 2.75) is 335 Å². The molecule has 0 unspecified atom stereocenters. The van der Waals surface area contributed by atoms with Crippen molar-refractivity contribution in [3.05, 3.63) is 36.5 Å². The molecule has 0 rings (SSSR count). The van der Waals surface area contributed by atoms with Crippen molar-refractivity contribution >= 4 is 17.9 Å². The highest BCUT2D eigenvalue weighted by Crippen LogP contribution is 2.17. The van der Waals surface area contributed by atoms with Gasteiger partial charge < -0.3 is 14.2 Å². The molecule has 0 aliphatic rings. The molecule has 0 heterocycles. The first-order chi connectivity index (χ1) is 34.0. The molecule has 0 radical (unpaired) electrons. The van der Waals surface area contributed by atoms with Gasteiger partial charge in [0.1, 0.15) is 13.2 Å². The molecule has 1 atom stereocenters. The van der Waals surface area contributed by atoms with Gasteiger partial charge in [-0.05, 0) is 57.8 Å². The standard InChI is InChI=1S/C63H116O6/c1-4-7-10-13-16-19-22-25-28-30-31-33-35-38-41-44-47-50-53-56-62(65)68-59-60(58-67-61(64)55-52-49-46-43-40-37-34-27-24-21-18-15-12-9-6-3)69-63(66)57-54-51-48-45-42-39-36-32-29-26-23-20-17-14-11-8-5-2/h17,20,26,29,36,39,60H,4-16,18-19,21-25,27-28,30-35,37-38,40-59H2,1-3H3/b20-17-,29-26-,39-36-/t60-/m1/s1. The number of esters is 3. The number of carbonyl (C=O) groups is 3. The Balaban J connectivity index is 4.35. The Morgan fingerprint density at radius 1 is 0.290 bits per heavy atom. The van der Waals surface area contributed by atoms with Crippen molar-refractivity contribution in [3.63, 3.8) is 0 Å². The zero-order valence-corrected chi connectivity index (χ0v) is 46.3. The van der Waals surface area contributed by atoms with Crippen LogP contribution < -0.4 is 0 Å². The second-order valence-electron chi connectivity index (χ2n) is 20.6. The highest BCUT2D eigenvalue weighted by Gasteiger charge is 2.19. The molecule has 0 N–H and O–H groups in total. The second kappa shape index (κ2) is 58.2. The molecule has 6 nitrogen and oxygen atoms in total. The van der Waals surface area contributed by atoms with Crippen molar-refractivity contribution in [1.29, 1.82) is 0 Å². The smallest absolute Gasteiger partial charge is 0.306 e. The normalized spacial score (nSPS) is 12.2. The molecule has 0 spiro atoms. The number of hydrogen-bond donors (Lipinski definition) is 0. The average molecular weight is 970 g/mol. The zero-order valence-electron chi connectivity index (χ0n) is 46.3. The largest absolute Gasteiger partial charge is 0.462 e. The van der Waals surface area contributed by atoms with Crippen LogP contribution in [0.5, 0.6) is 0 Å². The summed E-state index contributed by atoms with van der Waals surface area (Å²) in [6, 6.07) is 0. The summed E-state index contributed by atoms with van der Waals surface area (Å²) >= 11 is 0. The summed E-state index contributed by atoms with van der Waals surface area (Å²) in [6.45, 7) is 6.65. The van der Waals surface area contributed by atoms with Gasteiger partial charge in [-0.2, -0.15) is 0 Å². The summed E-state index contributed by atoms with van der Waals surface area (Å²) in [5.41, 5.74) is 0. The van der Waals surface area contributed by atoms with Crippen LogP contribution in [0.15, 0.2) is 36.5 Å². The van der Waals surface area contributed by atoms with E-state index in [1.165, 1.54) is 205 Å². The van der Waals surface area contributed by atoms with Gasteiger partial charge in [0.15, 0.2) is 6.10 Å². The Bertz CT molecular complexity index is 1160. The van der Waals surface area contributed by atoms with Crippen molar-refractivity contribution < 1.29 is 28.6 Å². The Labute approximate surface area is 429 Å². The quantitative estimate of drug-likeness (QED) is 0.0261. The summed E-state index contributed by atoms with van der Waals surface area (Å²) in [5, 5.41) is 0. The maximum absolute atomic E-state index is 12.9. The predicted molar refractivity (Wildman–Crippen MR) is 298 cm³/mol. The number of allylic oxidation sites excluding steroid dienone is 6. The van der Waals surface area contributed by atoms with Crippen LogP contribution in [0.3, 0.4) is 0 Å². The summed E-state index contributed by atoms with van der Waals surface area (Å²) < 4.78 is 16.9. The number of rotatable bonds is 56. The van der Waals surface area contributed by atoms with E-state index in [2.05, 4.69) is 57.2 Å². The van der Waals surface area contributed by atoms with Gasteiger partial charge in [-0.1, -0.05) is 288 Å². The van der Waals surface area contributed by atoms with E-state index in [4.69, 9.17) is 14.2 Å². The Kier molecular flexibility index (Phi) is 56.2. The van der Waals surface area contributed by atoms with Crippen LogP contribution in [0.25, 0.3) is 0 Å². The van der Waals surface area contributed by atoms with Crippen LogP contribution >= 0.6 is 0 Å². The first-order valence-electron chi connectivity index (χ1n) is 30.5. The van der Waals surface area contributed by atoms with Crippen LogP contribution in [0, 0.1) is 0 Å². The van der Waals surface area contributed by atoms with E-state index in [0.29, 0.717) is 19.3 Å². The van der Waals surface area contributed by atoms with Gasteiger partial charge in [0.25, 0.3) is 0 Å². The Morgan fingerprint density at radius 2 is 0.522 bits per heavy atom. The minimum Gasteiger partial charge on any atom is -0.462 e. The molecule has 0 fully saturated rings. The first kappa shape index (κ1) is 66.6. The summed E-state index contributed by atoms with van der Waals surface area (Å²) in [4.78, 5) is 38.2. The molecular formula is C63H116O6. The molecule has 0 aromatic carbocycles. The minimum absolute atomic E-state index is 0.0762. The maximum atomic E-state index is 12.9. The summed E-state index contributed by atoms with van der Waals surface area (Å²) in [6.07, 6.45) is 69.9. The number of ether oxygens (including phenoxy) is 3. The van der Waals surface area contributed by atoms with E-state index >= 15 is 0 Å². The van der Waals surface area contributed by atoms with Gasteiger partial charge in [-0.25, -0.2) is 0 Å². The SMILES string of the molecule is CCCCC/C=C\C/C=C\C/C=C\CCCCCCC(=O)O[C@H](COC(=O)CCCCCCCCCCCCCCCCC)COC(=O)CCCCCCCCCCCCCCCCCCCCC. The lowest BCUT2D eigenvalue weighted by Gasteiger charge is -2.18. The molecule has 0 saturated heterocycles. The van der Waals surface area contributed by atoms with Crippen LogP contribution in [-0.4, -0.2) is 37.2 Å². The van der Waals surface area contributed by atoms with Crippen LogP contribution in [0.2, 0.25) is 0 Å². The monoisotopic (exact) mass is 969 g/mol. The summed E-state index contributed by atoms with van der Waals surface area (Å²) in [7, 11) is 0. The van der Waals surface area contributed by atoms with E-state index in [0.717, 1.165) is 83.5 Å². The fourth-order valence-corrected chi connectivity index (χ4v) is 9.04. The fourth-order valence-electron chi connectivity index (χ4n) is 9.04. The maximum Gasteiger partial charge on any atom is 0.306 e. The second-order valence-corrected chi connectivity index (χ2v) is 20.6. The third-order valence-electron chi connectivity index (χ3n) is 13.6. The van der Waals surface area contributed by atoms with E-state index in [1.807, 2.05) is 0 Å². The lowest BCUT2D eigenvalue weighted by Crippen LogP contribution is -2.30. The van der Waals surface area contributed by atoms with Crippen molar-refractivity contribution in [3.8, 4) is 0 Å². The minimum atomic E-state index is -0.780. The Morgan fingerprint density at radius 3 is 0.841 bits per heavy atom. The van der Waals surface area contributed by atoms with Gasteiger partial charge in [-0.15, -0.1) is 0 Å².